The molecule has 3 heteroatoms. The van der Waals surface area contributed by atoms with E-state index in [4.69, 9.17) is 16.3 Å². The second-order valence-corrected chi connectivity index (χ2v) is 3.78. The van der Waals surface area contributed by atoms with E-state index in [-0.39, 0.29) is 5.78 Å². The van der Waals surface area contributed by atoms with Crippen LogP contribution in [0.1, 0.15) is 36.5 Å². The molecule has 1 rings (SSSR count). The van der Waals surface area contributed by atoms with Crippen LogP contribution in [-0.4, -0.2) is 12.9 Å². The van der Waals surface area contributed by atoms with Crippen LogP contribution in [0.5, 0.6) is 5.75 Å². The average molecular weight is 227 g/mol. The van der Waals surface area contributed by atoms with Gasteiger partial charge in [-0.05, 0) is 24.6 Å². The third-order valence-electron chi connectivity index (χ3n) is 2.23. The standard InChI is InChI=1S/C12H15ClO2/c1-3-4-5-12(14)10-7-6-9(15-2)8-11(10)13/h6-8H,3-5H2,1-2H3. The maximum absolute atomic E-state index is 11.7. The van der Waals surface area contributed by atoms with Gasteiger partial charge in [0.1, 0.15) is 5.75 Å². The first-order chi connectivity index (χ1) is 7.19. The van der Waals surface area contributed by atoms with Crippen molar-refractivity contribution in [2.24, 2.45) is 0 Å². The molecule has 0 atom stereocenters. The zero-order valence-corrected chi connectivity index (χ0v) is 9.80. The van der Waals surface area contributed by atoms with E-state index in [1.807, 2.05) is 0 Å². The largest absolute Gasteiger partial charge is 0.497 e. The summed E-state index contributed by atoms with van der Waals surface area (Å²) >= 11 is 5.98. The van der Waals surface area contributed by atoms with Gasteiger partial charge in [0.25, 0.3) is 0 Å². The fourth-order valence-electron chi connectivity index (χ4n) is 1.32. The highest BCUT2D eigenvalue weighted by atomic mass is 35.5. The lowest BCUT2D eigenvalue weighted by molar-refractivity contribution is 0.0980. The number of carbonyl (C=O) groups is 1. The zero-order chi connectivity index (χ0) is 11.3. The van der Waals surface area contributed by atoms with E-state index in [2.05, 4.69) is 6.92 Å². The number of benzene rings is 1. The molecule has 0 bridgehead atoms. The Labute approximate surface area is 95.2 Å². The molecule has 0 fully saturated rings. The number of hydrogen-bond donors (Lipinski definition) is 0. The molecule has 0 aliphatic carbocycles. The van der Waals surface area contributed by atoms with Crippen molar-refractivity contribution < 1.29 is 9.53 Å². The van der Waals surface area contributed by atoms with Crippen molar-refractivity contribution in [3.05, 3.63) is 28.8 Å². The Morgan fingerprint density at radius 3 is 2.73 bits per heavy atom. The summed E-state index contributed by atoms with van der Waals surface area (Å²) in [7, 11) is 1.57. The average Bonchev–Trinajstić information content (AvgIpc) is 2.25. The molecule has 2 nitrogen and oxygen atoms in total. The van der Waals surface area contributed by atoms with E-state index in [1.165, 1.54) is 0 Å². The summed E-state index contributed by atoms with van der Waals surface area (Å²) in [6, 6.07) is 5.14. The van der Waals surface area contributed by atoms with Gasteiger partial charge in [0, 0.05) is 12.0 Å². The lowest BCUT2D eigenvalue weighted by Crippen LogP contribution is -1.99. The minimum atomic E-state index is 0.101. The number of ketones is 1. The first kappa shape index (κ1) is 12.1. The van der Waals surface area contributed by atoms with Crippen molar-refractivity contribution in [1.29, 1.82) is 0 Å². The van der Waals surface area contributed by atoms with Crippen molar-refractivity contribution >= 4 is 17.4 Å². The molecule has 0 heterocycles. The van der Waals surface area contributed by atoms with Gasteiger partial charge in [-0.2, -0.15) is 0 Å². The van der Waals surface area contributed by atoms with Gasteiger partial charge in [0.05, 0.1) is 12.1 Å². The molecule has 0 aliphatic heterocycles. The first-order valence-corrected chi connectivity index (χ1v) is 5.43. The van der Waals surface area contributed by atoms with E-state index in [1.54, 1.807) is 25.3 Å². The Morgan fingerprint density at radius 2 is 2.20 bits per heavy atom. The molecule has 0 aliphatic rings. The van der Waals surface area contributed by atoms with Gasteiger partial charge in [0.15, 0.2) is 5.78 Å². The monoisotopic (exact) mass is 226 g/mol. The predicted molar refractivity (Wildman–Crippen MR) is 61.9 cm³/mol. The summed E-state index contributed by atoms with van der Waals surface area (Å²) in [5, 5.41) is 0.468. The summed E-state index contributed by atoms with van der Waals surface area (Å²) in [5.74, 6) is 0.775. The molecule has 0 aromatic heterocycles. The summed E-state index contributed by atoms with van der Waals surface area (Å²) in [6.07, 6.45) is 2.48. The Balaban J connectivity index is 2.81. The number of hydrogen-bond acceptors (Lipinski definition) is 2. The van der Waals surface area contributed by atoms with Gasteiger partial charge in [-0.1, -0.05) is 24.9 Å². The van der Waals surface area contributed by atoms with Crippen molar-refractivity contribution in [1.82, 2.24) is 0 Å². The number of unbranched alkanes of at least 4 members (excludes halogenated alkanes) is 1. The number of carbonyl (C=O) groups excluding carboxylic acids is 1. The Hall–Kier alpha value is -1.02. The van der Waals surface area contributed by atoms with Crippen LogP contribution in [-0.2, 0) is 0 Å². The summed E-state index contributed by atoms with van der Waals surface area (Å²) in [4.78, 5) is 11.7. The van der Waals surface area contributed by atoms with Crippen LogP contribution >= 0.6 is 11.6 Å². The second kappa shape index (κ2) is 5.76. The Bertz CT molecular complexity index is 347. The van der Waals surface area contributed by atoms with Gasteiger partial charge in [-0.25, -0.2) is 0 Å². The number of methoxy groups -OCH3 is 1. The van der Waals surface area contributed by atoms with Crippen LogP contribution < -0.4 is 4.74 Å². The molecule has 15 heavy (non-hydrogen) atoms. The quantitative estimate of drug-likeness (QED) is 0.716. The summed E-state index contributed by atoms with van der Waals surface area (Å²) in [6.45, 7) is 2.06. The maximum Gasteiger partial charge on any atom is 0.164 e. The molecule has 0 saturated heterocycles. The van der Waals surface area contributed by atoms with E-state index >= 15 is 0 Å². The van der Waals surface area contributed by atoms with E-state index in [0.29, 0.717) is 22.8 Å². The van der Waals surface area contributed by atoms with E-state index in [9.17, 15) is 4.79 Å². The molecule has 0 saturated carbocycles. The van der Waals surface area contributed by atoms with Crippen LogP contribution in [0.2, 0.25) is 5.02 Å². The minimum Gasteiger partial charge on any atom is -0.497 e. The van der Waals surface area contributed by atoms with Gasteiger partial charge in [-0.3, -0.25) is 4.79 Å². The number of halogens is 1. The normalized spacial score (nSPS) is 10.1. The lowest BCUT2D eigenvalue weighted by atomic mass is 10.1. The maximum atomic E-state index is 11.7. The molecule has 0 N–H and O–H groups in total. The minimum absolute atomic E-state index is 0.101. The molecule has 1 aromatic carbocycles. The summed E-state index contributed by atoms with van der Waals surface area (Å²) < 4.78 is 5.02. The van der Waals surface area contributed by atoms with Crippen LogP contribution in [0.4, 0.5) is 0 Å². The molecule has 82 valence electrons. The second-order valence-electron chi connectivity index (χ2n) is 3.37. The highest BCUT2D eigenvalue weighted by Gasteiger charge is 2.10. The third-order valence-corrected chi connectivity index (χ3v) is 2.55. The zero-order valence-electron chi connectivity index (χ0n) is 9.05. The van der Waals surface area contributed by atoms with Gasteiger partial charge in [0.2, 0.25) is 0 Å². The number of Topliss-reactive ketones (excluding diaryl/α,β-unsaturated/α-hetero) is 1. The third kappa shape index (κ3) is 3.24. The summed E-state index contributed by atoms with van der Waals surface area (Å²) in [5.41, 5.74) is 0.589. The smallest absolute Gasteiger partial charge is 0.164 e. The number of ether oxygens (including phenoxy) is 1. The Morgan fingerprint density at radius 1 is 1.47 bits per heavy atom. The highest BCUT2D eigenvalue weighted by molar-refractivity contribution is 6.34. The molecule has 0 spiro atoms. The topological polar surface area (TPSA) is 26.3 Å². The predicted octanol–water partition coefficient (Wildman–Crippen LogP) is 3.72. The van der Waals surface area contributed by atoms with Crippen molar-refractivity contribution in [2.45, 2.75) is 26.2 Å². The van der Waals surface area contributed by atoms with Gasteiger partial charge >= 0.3 is 0 Å². The van der Waals surface area contributed by atoms with E-state index in [0.717, 1.165) is 12.8 Å². The fraction of sp³-hybridized carbons (Fsp3) is 0.417. The Kier molecular flexibility index (Phi) is 4.63. The first-order valence-electron chi connectivity index (χ1n) is 5.05. The molecular weight excluding hydrogens is 212 g/mol. The molecule has 0 unspecified atom stereocenters. The fourth-order valence-corrected chi connectivity index (χ4v) is 1.60. The van der Waals surface area contributed by atoms with E-state index < -0.39 is 0 Å². The highest BCUT2D eigenvalue weighted by Crippen LogP contribution is 2.23. The van der Waals surface area contributed by atoms with Crippen LogP contribution in [0.3, 0.4) is 0 Å². The SMILES string of the molecule is CCCCC(=O)c1ccc(OC)cc1Cl. The molecule has 0 amide bonds. The van der Waals surface area contributed by atoms with Gasteiger partial charge in [-0.15, -0.1) is 0 Å². The van der Waals surface area contributed by atoms with Gasteiger partial charge < -0.3 is 4.74 Å². The van der Waals surface area contributed by atoms with Crippen LogP contribution in [0.15, 0.2) is 18.2 Å². The van der Waals surface area contributed by atoms with Crippen molar-refractivity contribution in [2.75, 3.05) is 7.11 Å². The number of rotatable bonds is 5. The molecule has 0 radical (unpaired) electrons. The van der Waals surface area contributed by atoms with Crippen molar-refractivity contribution in [3.8, 4) is 5.75 Å². The molecular formula is C12H15ClO2. The lowest BCUT2D eigenvalue weighted by Gasteiger charge is -2.05. The van der Waals surface area contributed by atoms with Crippen LogP contribution in [0, 0.1) is 0 Å². The van der Waals surface area contributed by atoms with Crippen LogP contribution in [0.25, 0.3) is 0 Å². The molecule has 1 aromatic rings. The van der Waals surface area contributed by atoms with Crippen molar-refractivity contribution in [3.63, 3.8) is 0 Å².